The van der Waals surface area contributed by atoms with Gasteiger partial charge in [0.05, 0.1) is 0 Å². The molecule has 2 N–H and O–H groups in total. The zero-order valence-corrected chi connectivity index (χ0v) is 13.3. The molecule has 0 unspecified atom stereocenters. The Morgan fingerprint density at radius 2 is 1.78 bits per heavy atom. The number of hydrogen-bond acceptors (Lipinski definition) is 3. The SMILES string of the molecule is CCc1ccccc1N/C=C(/C#N)C(=O)Nc1ccccc1C. The van der Waals surface area contributed by atoms with Crippen LogP contribution in [0.25, 0.3) is 0 Å². The first-order valence-electron chi connectivity index (χ1n) is 7.47. The highest BCUT2D eigenvalue weighted by molar-refractivity contribution is 6.07. The smallest absolute Gasteiger partial charge is 0.267 e. The number of carbonyl (C=O) groups excluding carboxylic acids is 1. The molecule has 0 saturated heterocycles. The van der Waals surface area contributed by atoms with Gasteiger partial charge in [-0.3, -0.25) is 4.79 Å². The fraction of sp³-hybridized carbons (Fsp3) is 0.158. The maximum absolute atomic E-state index is 12.2. The standard InChI is InChI=1S/C19H19N3O/c1-3-15-9-5-7-11-18(15)21-13-16(12-20)19(23)22-17-10-6-4-8-14(17)2/h4-11,13,21H,3H2,1-2H3,(H,22,23)/b16-13-. The predicted molar refractivity (Wildman–Crippen MR) is 92.9 cm³/mol. The van der Waals surface area contributed by atoms with Gasteiger partial charge in [-0.2, -0.15) is 5.26 Å². The van der Waals surface area contributed by atoms with E-state index in [2.05, 4.69) is 17.6 Å². The summed E-state index contributed by atoms with van der Waals surface area (Å²) >= 11 is 0. The Bertz CT molecular complexity index is 772. The van der Waals surface area contributed by atoms with Crippen LogP contribution < -0.4 is 10.6 Å². The summed E-state index contributed by atoms with van der Waals surface area (Å²) in [6.45, 7) is 3.96. The number of rotatable bonds is 5. The number of benzene rings is 2. The van der Waals surface area contributed by atoms with Crippen molar-refractivity contribution in [3.8, 4) is 6.07 Å². The highest BCUT2D eigenvalue weighted by Crippen LogP contribution is 2.17. The molecular weight excluding hydrogens is 286 g/mol. The third-order valence-corrected chi connectivity index (χ3v) is 3.53. The average Bonchev–Trinajstić information content (AvgIpc) is 2.58. The van der Waals surface area contributed by atoms with E-state index in [1.54, 1.807) is 0 Å². The van der Waals surface area contributed by atoms with Crippen molar-refractivity contribution < 1.29 is 4.79 Å². The summed E-state index contributed by atoms with van der Waals surface area (Å²) in [5, 5.41) is 15.0. The van der Waals surface area contributed by atoms with Crippen molar-refractivity contribution in [1.29, 1.82) is 5.26 Å². The molecule has 0 bridgehead atoms. The van der Waals surface area contributed by atoms with Crippen LogP contribution in [0.2, 0.25) is 0 Å². The Balaban J connectivity index is 2.14. The Hall–Kier alpha value is -3.06. The van der Waals surface area contributed by atoms with E-state index in [0.29, 0.717) is 5.69 Å². The lowest BCUT2D eigenvalue weighted by Gasteiger charge is -2.09. The van der Waals surface area contributed by atoms with Crippen LogP contribution in [0.4, 0.5) is 11.4 Å². The molecule has 0 fully saturated rings. The molecule has 0 aromatic heterocycles. The van der Waals surface area contributed by atoms with Crippen LogP contribution in [0.1, 0.15) is 18.1 Å². The summed E-state index contributed by atoms with van der Waals surface area (Å²) in [7, 11) is 0. The van der Waals surface area contributed by atoms with Gasteiger partial charge in [0.2, 0.25) is 0 Å². The first-order chi connectivity index (χ1) is 11.2. The van der Waals surface area contributed by atoms with E-state index in [4.69, 9.17) is 0 Å². The lowest BCUT2D eigenvalue weighted by Crippen LogP contribution is -2.15. The second kappa shape index (κ2) is 7.81. The van der Waals surface area contributed by atoms with Crippen LogP contribution in [0.3, 0.4) is 0 Å². The molecule has 0 aliphatic heterocycles. The van der Waals surface area contributed by atoms with Gasteiger partial charge < -0.3 is 10.6 Å². The first kappa shape index (κ1) is 16.3. The van der Waals surface area contributed by atoms with Crippen molar-refractivity contribution in [2.75, 3.05) is 10.6 Å². The fourth-order valence-corrected chi connectivity index (χ4v) is 2.17. The maximum atomic E-state index is 12.2. The first-order valence-corrected chi connectivity index (χ1v) is 7.47. The normalized spacial score (nSPS) is 10.7. The van der Waals surface area contributed by atoms with Crippen molar-refractivity contribution in [1.82, 2.24) is 0 Å². The van der Waals surface area contributed by atoms with Crippen molar-refractivity contribution in [3.63, 3.8) is 0 Å². The highest BCUT2D eigenvalue weighted by atomic mass is 16.1. The molecule has 1 amide bonds. The molecule has 0 heterocycles. The summed E-state index contributed by atoms with van der Waals surface area (Å²) in [4.78, 5) is 12.2. The Kier molecular flexibility index (Phi) is 5.54. The number of anilines is 2. The van der Waals surface area contributed by atoms with Crippen LogP contribution in [0, 0.1) is 18.3 Å². The molecule has 0 spiro atoms. The summed E-state index contributed by atoms with van der Waals surface area (Å²) in [6.07, 6.45) is 2.32. The van der Waals surface area contributed by atoms with Crippen LogP contribution in [-0.4, -0.2) is 5.91 Å². The van der Waals surface area contributed by atoms with Gasteiger partial charge in [0, 0.05) is 17.6 Å². The fourth-order valence-electron chi connectivity index (χ4n) is 2.17. The Morgan fingerprint density at radius 3 is 2.43 bits per heavy atom. The molecule has 0 atom stereocenters. The van der Waals surface area contributed by atoms with Crippen molar-refractivity contribution in [2.45, 2.75) is 20.3 Å². The Labute approximate surface area is 136 Å². The number of nitrogens with one attached hydrogen (secondary N) is 2. The van der Waals surface area contributed by atoms with E-state index in [-0.39, 0.29) is 5.57 Å². The minimum Gasteiger partial charge on any atom is -0.360 e. The van der Waals surface area contributed by atoms with E-state index >= 15 is 0 Å². The van der Waals surface area contributed by atoms with E-state index in [1.807, 2.05) is 61.5 Å². The molecule has 0 radical (unpaired) electrons. The zero-order valence-electron chi connectivity index (χ0n) is 13.3. The van der Waals surface area contributed by atoms with E-state index in [0.717, 1.165) is 23.2 Å². The topological polar surface area (TPSA) is 64.9 Å². The maximum Gasteiger partial charge on any atom is 0.267 e. The minimum absolute atomic E-state index is 0.0270. The monoisotopic (exact) mass is 305 g/mol. The average molecular weight is 305 g/mol. The number of amides is 1. The van der Waals surface area contributed by atoms with Crippen LogP contribution in [0.15, 0.2) is 60.3 Å². The van der Waals surface area contributed by atoms with Crippen LogP contribution in [0.5, 0.6) is 0 Å². The second-order valence-electron chi connectivity index (χ2n) is 5.09. The molecule has 2 aromatic carbocycles. The van der Waals surface area contributed by atoms with E-state index < -0.39 is 5.91 Å². The number of hydrogen-bond donors (Lipinski definition) is 2. The number of nitrogens with zero attached hydrogens (tertiary/aromatic N) is 1. The predicted octanol–water partition coefficient (Wildman–Crippen LogP) is 4.02. The molecule has 23 heavy (non-hydrogen) atoms. The summed E-state index contributed by atoms with van der Waals surface area (Å²) in [5.41, 5.74) is 3.70. The van der Waals surface area contributed by atoms with Gasteiger partial charge in [-0.15, -0.1) is 0 Å². The van der Waals surface area contributed by atoms with Gasteiger partial charge in [0.25, 0.3) is 5.91 Å². The Morgan fingerprint density at radius 1 is 1.13 bits per heavy atom. The molecule has 4 nitrogen and oxygen atoms in total. The third-order valence-electron chi connectivity index (χ3n) is 3.53. The number of nitriles is 1. The van der Waals surface area contributed by atoms with Crippen molar-refractivity contribution >= 4 is 17.3 Å². The summed E-state index contributed by atoms with van der Waals surface area (Å²) in [6, 6.07) is 17.2. The largest absolute Gasteiger partial charge is 0.360 e. The quantitative estimate of drug-likeness (QED) is 0.648. The summed E-state index contributed by atoms with van der Waals surface area (Å²) < 4.78 is 0. The lowest BCUT2D eigenvalue weighted by atomic mass is 10.1. The summed E-state index contributed by atoms with van der Waals surface area (Å²) in [5.74, 6) is -0.428. The molecule has 2 aromatic rings. The number of para-hydroxylation sites is 2. The zero-order chi connectivity index (χ0) is 16.7. The molecule has 0 aliphatic rings. The van der Waals surface area contributed by atoms with Gasteiger partial charge in [0.1, 0.15) is 11.6 Å². The van der Waals surface area contributed by atoms with Gasteiger partial charge in [-0.1, -0.05) is 43.3 Å². The van der Waals surface area contributed by atoms with Crippen LogP contribution in [-0.2, 0) is 11.2 Å². The lowest BCUT2D eigenvalue weighted by molar-refractivity contribution is -0.112. The number of carbonyl (C=O) groups is 1. The molecule has 4 heteroatoms. The molecule has 0 saturated carbocycles. The second-order valence-corrected chi connectivity index (χ2v) is 5.09. The van der Waals surface area contributed by atoms with Gasteiger partial charge in [0.15, 0.2) is 0 Å². The van der Waals surface area contributed by atoms with Crippen molar-refractivity contribution in [3.05, 3.63) is 71.4 Å². The third kappa shape index (κ3) is 4.21. The van der Waals surface area contributed by atoms with Crippen molar-refractivity contribution in [2.24, 2.45) is 0 Å². The van der Waals surface area contributed by atoms with Gasteiger partial charge >= 0.3 is 0 Å². The van der Waals surface area contributed by atoms with Gasteiger partial charge in [-0.05, 0) is 36.6 Å². The molecular formula is C19H19N3O. The van der Waals surface area contributed by atoms with E-state index in [1.165, 1.54) is 6.20 Å². The molecule has 116 valence electrons. The van der Waals surface area contributed by atoms with E-state index in [9.17, 15) is 10.1 Å². The molecule has 2 rings (SSSR count). The minimum atomic E-state index is -0.428. The molecule has 0 aliphatic carbocycles. The van der Waals surface area contributed by atoms with Gasteiger partial charge in [-0.25, -0.2) is 0 Å². The number of aryl methyl sites for hydroxylation is 2. The van der Waals surface area contributed by atoms with Crippen LogP contribution >= 0.6 is 0 Å². The highest BCUT2D eigenvalue weighted by Gasteiger charge is 2.10.